The first-order valence-corrected chi connectivity index (χ1v) is 8.79. The Kier molecular flexibility index (Phi) is 4.13. The topological polar surface area (TPSA) is 12.0 Å². The Balaban J connectivity index is 2.13. The third-order valence-corrected chi connectivity index (χ3v) is 6.18. The molecule has 1 atom stereocenters. The van der Waals surface area contributed by atoms with Gasteiger partial charge in [0.2, 0.25) is 0 Å². The summed E-state index contributed by atoms with van der Waals surface area (Å²) >= 11 is 10.0. The largest absolute Gasteiger partial charge is 0.306 e. The van der Waals surface area contributed by atoms with E-state index in [1.54, 1.807) is 22.7 Å². The van der Waals surface area contributed by atoms with Crippen LogP contribution >= 0.6 is 34.3 Å². The molecule has 4 heteroatoms. The zero-order chi connectivity index (χ0) is 14.1. The summed E-state index contributed by atoms with van der Waals surface area (Å²) in [6, 6.07) is 8.74. The van der Waals surface area contributed by atoms with E-state index in [0.29, 0.717) is 0 Å². The third kappa shape index (κ3) is 2.40. The van der Waals surface area contributed by atoms with Gasteiger partial charge >= 0.3 is 0 Å². The van der Waals surface area contributed by atoms with E-state index in [2.05, 4.69) is 54.2 Å². The van der Waals surface area contributed by atoms with Crippen LogP contribution in [0, 0.1) is 6.92 Å². The van der Waals surface area contributed by atoms with Crippen molar-refractivity contribution in [1.82, 2.24) is 5.32 Å². The molecule has 1 N–H and O–H groups in total. The molecule has 2 heterocycles. The summed E-state index contributed by atoms with van der Waals surface area (Å²) < 4.78 is 1.33. The highest BCUT2D eigenvalue weighted by molar-refractivity contribution is 7.17. The number of fused-ring (bicyclic) bond motifs is 1. The molecule has 0 saturated carbocycles. The van der Waals surface area contributed by atoms with Gasteiger partial charge < -0.3 is 5.32 Å². The summed E-state index contributed by atoms with van der Waals surface area (Å²) in [7, 11) is 0. The van der Waals surface area contributed by atoms with Crippen LogP contribution in [-0.4, -0.2) is 6.54 Å². The molecular weight excluding hydrogens is 306 g/mol. The van der Waals surface area contributed by atoms with Crippen molar-refractivity contribution in [3.8, 4) is 0 Å². The Morgan fingerprint density at radius 2 is 2.00 bits per heavy atom. The van der Waals surface area contributed by atoms with Crippen molar-refractivity contribution >= 4 is 44.4 Å². The van der Waals surface area contributed by atoms with Crippen LogP contribution in [0.3, 0.4) is 0 Å². The molecule has 0 aliphatic rings. The smallest absolute Gasteiger partial charge is 0.0700 e. The molecule has 0 aliphatic carbocycles. The third-order valence-electron chi connectivity index (χ3n) is 3.42. The maximum absolute atomic E-state index is 6.48. The zero-order valence-corrected chi connectivity index (χ0v) is 13.8. The molecule has 0 spiro atoms. The molecule has 0 amide bonds. The Hall–Kier alpha value is -0.870. The molecule has 20 heavy (non-hydrogen) atoms. The van der Waals surface area contributed by atoms with Crippen molar-refractivity contribution in [3.63, 3.8) is 0 Å². The molecule has 0 saturated heterocycles. The van der Waals surface area contributed by atoms with Gasteiger partial charge in [-0.3, -0.25) is 0 Å². The van der Waals surface area contributed by atoms with Crippen molar-refractivity contribution in [3.05, 3.63) is 56.1 Å². The van der Waals surface area contributed by atoms with Gasteiger partial charge in [-0.1, -0.05) is 36.7 Å². The van der Waals surface area contributed by atoms with Gasteiger partial charge in [0.25, 0.3) is 0 Å². The predicted octanol–water partition coefficient (Wildman–Crippen LogP) is 5.62. The number of rotatable bonds is 4. The molecular formula is C16H16ClNS2. The molecule has 0 bridgehead atoms. The van der Waals surface area contributed by atoms with Crippen LogP contribution in [0.15, 0.2) is 35.0 Å². The standard InChI is InChI=1S/C16H16ClNS2/c1-3-18-15(16-14(17)10(2)8-20-16)12-9-19-13-7-5-4-6-11(12)13/h4-9,15,18H,3H2,1-2H3. The van der Waals surface area contributed by atoms with Gasteiger partial charge in [0.05, 0.1) is 11.1 Å². The number of nitrogens with one attached hydrogen (secondary N) is 1. The lowest BCUT2D eigenvalue weighted by molar-refractivity contribution is 0.645. The van der Waals surface area contributed by atoms with Crippen molar-refractivity contribution < 1.29 is 0 Å². The van der Waals surface area contributed by atoms with E-state index >= 15 is 0 Å². The Morgan fingerprint density at radius 1 is 1.20 bits per heavy atom. The molecule has 0 fully saturated rings. The van der Waals surface area contributed by atoms with E-state index in [1.165, 1.54) is 20.5 Å². The maximum atomic E-state index is 6.48. The maximum Gasteiger partial charge on any atom is 0.0700 e. The summed E-state index contributed by atoms with van der Waals surface area (Å²) in [6.45, 7) is 5.12. The fourth-order valence-electron chi connectivity index (χ4n) is 2.41. The van der Waals surface area contributed by atoms with Crippen LogP contribution in [0.1, 0.15) is 29.0 Å². The molecule has 0 radical (unpaired) electrons. The van der Waals surface area contributed by atoms with Gasteiger partial charge in [0.15, 0.2) is 0 Å². The van der Waals surface area contributed by atoms with Gasteiger partial charge in [0.1, 0.15) is 0 Å². The minimum absolute atomic E-state index is 0.183. The van der Waals surface area contributed by atoms with Crippen LogP contribution in [0.25, 0.3) is 10.1 Å². The van der Waals surface area contributed by atoms with E-state index in [0.717, 1.165) is 17.1 Å². The van der Waals surface area contributed by atoms with E-state index in [4.69, 9.17) is 11.6 Å². The minimum Gasteiger partial charge on any atom is -0.306 e. The fraction of sp³-hybridized carbons (Fsp3) is 0.250. The first kappa shape index (κ1) is 14.1. The number of thiophene rings is 2. The number of hydrogen-bond donors (Lipinski definition) is 1. The molecule has 3 rings (SSSR count). The first-order chi connectivity index (χ1) is 9.72. The average molecular weight is 322 g/mol. The zero-order valence-electron chi connectivity index (χ0n) is 11.4. The van der Waals surface area contributed by atoms with Crippen molar-refractivity contribution in [1.29, 1.82) is 0 Å². The molecule has 104 valence electrons. The van der Waals surface area contributed by atoms with Crippen LogP contribution in [-0.2, 0) is 0 Å². The molecule has 1 nitrogen and oxygen atoms in total. The van der Waals surface area contributed by atoms with Gasteiger partial charge in [-0.15, -0.1) is 22.7 Å². The fourth-order valence-corrected chi connectivity index (χ4v) is 4.80. The molecule has 3 aromatic rings. The summed E-state index contributed by atoms with van der Waals surface area (Å²) in [5.41, 5.74) is 2.49. The van der Waals surface area contributed by atoms with Crippen molar-refractivity contribution in [2.75, 3.05) is 6.54 Å². The highest BCUT2D eigenvalue weighted by Crippen LogP contribution is 2.39. The van der Waals surface area contributed by atoms with E-state index < -0.39 is 0 Å². The van der Waals surface area contributed by atoms with Gasteiger partial charge in [-0.05, 0) is 46.8 Å². The quantitative estimate of drug-likeness (QED) is 0.657. The number of aryl methyl sites for hydroxylation is 1. The van der Waals surface area contributed by atoms with E-state index in [1.807, 2.05) is 0 Å². The Bertz CT molecular complexity index is 729. The van der Waals surface area contributed by atoms with E-state index in [-0.39, 0.29) is 6.04 Å². The predicted molar refractivity (Wildman–Crippen MR) is 91.4 cm³/mol. The van der Waals surface area contributed by atoms with Crippen LogP contribution in [0.4, 0.5) is 0 Å². The molecule has 1 aromatic carbocycles. The van der Waals surface area contributed by atoms with E-state index in [9.17, 15) is 0 Å². The van der Waals surface area contributed by atoms with Crippen molar-refractivity contribution in [2.45, 2.75) is 19.9 Å². The molecule has 0 aliphatic heterocycles. The summed E-state index contributed by atoms with van der Waals surface area (Å²) in [5, 5.41) is 10.2. The monoisotopic (exact) mass is 321 g/mol. The Labute approximate surface area is 132 Å². The summed E-state index contributed by atoms with van der Waals surface area (Å²) in [5.74, 6) is 0. The highest BCUT2D eigenvalue weighted by Gasteiger charge is 2.21. The summed E-state index contributed by atoms with van der Waals surface area (Å²) in [4.78, 5) is 1.22. The highest BCUT2D eigenvalue weighted by atomic mass is 35.5. The van der Waals surface area contributed by atoms with Crippen LogP contribution < -0.4 is 5.32 Å². The number of benzene rings is 1. The van der Waals surface area contributed by atoms with Gasteiger partial charge in [0, 0.05) is 9.58 Å². The number of hydrogen-bond acceptors (Lipinski definition) is 3. The SMILES string of the molecule is CCNC(c1scc(C)c1Cl)c1csc2ccccc12. The second-order valence-corrected chi connectivity index (χ2v) is 6.98. The van der Waals surface area contributed by atoms with Crippen LogP contribution in [0.5, 0.6) is 0 Å². The molecule has 2 aromatic heterocycles. The van der Waals surface area contributed by atoms with Crippen molar-refractivity contribution in [2.24, 2.45) is 0 Å². The average Bonchev–Trinajstić information content (AvgIpc) is 3.02. The lowest BCUT2D eigenvalue weighted by atomic mass is 10.0. The normalized spacial score (nSPS) is 12.9. The van der Waals surface area contributed by atoms with Crippen LogP contribution in [0.2, 0.25) is 5.02 Å². The summed E-state index contributed by atoms with van der Waals surface area (Å²) in [6.07, 6.45) is 0. The van der Waals surface area contributed by atoms with Gasteiger partial charge in [-0.25, -0.2) is 0 Å². The number of halogens is 1. The minimum atomic E-state index is 0.183. The molecule has 1 unspecified atom stereocenters. The van der Waals surface area contributed by atoms with Gasteiger partial charge in [-0.2, -0.15) is 0 Å². The second-order valence-electron chi connectivity index (χ2n) is 4.77. The second kappa shape index (κ2) is 5.86. The lowest BCUT2D eigenvalue weighted by Crippen LogP contribution is -2.21. The first-order valence-electron chi connectivity index (χ1n) is 6.65. The lowest BCUT2D eigenvalue weighted by Gasteiger charge is -2.17. The Morgan fingerprint density at radius 3 is 2.70 bits per heavy atom.